The SMILES string of the molecule is CCCCc1cc(C(=O)CC)ccc1OC. The van der Waals surface area contributed by atoms with Crippen molar-refractivity contribution in [3.05, 3.63) is 29.3 Å². The lowest BCUT2D eigenvalue weighted by atomic mass is 10.0. The lowest BCUT2D eigenvalue weighted by Crippen LogP contribution is -2.00. The van der Waals surface area contributed by atoms with Crippen molar-refractivity contribution < 1.29 is 9.53 Å². The molecule has 16 heavy (non-hydrogen) atoms. The first-order chi connectivity index (χ1) is 7.72. The minimum atomic E-state index is 0.195. The zero-order valence-electron chi connectivity index (χ0n) is 10.4. The topological polar surface area (TPSA) is 26.3 Å². The smallest absolute Gasteiger partial charge is 0.162 e. The zero-order chi connectivity index (χ0) is 12.0. The van der Waals surface area contributed by atoms with E-state index >= 15 is 0 Å². The van der Waals surface area contributed by atoms with Crippen molar-refractivity contribution in [2.75, 3.05) is 7.11 Å². The van der Waals surface area contributed by atoms with Gasteiger partial charge in [0.05, 0.1) is 7.11 Å². The molecule has 0 heterocycles. The number of ether oxygens (including phenoxy) is 1. The second-order valence-electron chi connectivity index (χ2n) is 3.91. The first-order valence-corrected chi connectivity index (χ1v) is 5.93. The quantitative estimate of drug-likeness (QED) is 0.684. The number of rotatable bonds is 6. The molecule has 0 aliphatic rings. The third-order valence-corrected chi connectivity index (χ3v) is 2.72. The van der Waals surface area contributed by atoms with E-state index in [-0.39, 0.29) is 5.78 Å². The van der Waals surface area contributed by atoms with Crippen molar-refractivity contribution in [2.24, 2.45) is 0 Å². The largest absolute Gasteiger partial charge is 0.496 e. The van der Waals surface area contributed by atoms with E-state index in [1.807, 2.05) is 25.1 Å². The molecule has 1 aromatic rings. The number of carbonyl (C=O) groups is 1. The van der Waals surface area contributed by atoms with E-state index in [4.69, 9.17) is 4.74 Å². The van der Waals surface area contributed by atoms with Gasteiger partial charge in [0.25, 0.3) is 0 Å². The number of benzene rings is 1. The molecular formula is C14H20O2. The van der Waals surface area contributed by atoms with Crippen LogP contribution in [0.5, 0.6) is 5.75 Å². The maximum absolute atomic E-state index is 11.6. The van der Waals surface area contributed by atoms with E-state index in [0.29, 0.717) is 6.42 Å². The van der Waals surface area contributed by atoms with Crippen LogP contribution in [0.25, 0.3) is 0 Å². The van der Waals surface area contributed by atoms with Gasteiger partial charge in [0, 0.05) is 12.0 Å². The molecule has 0 amide bonds. The molecule has 1 aromatic carbocycles. The van der Waals surface area contributed by atoms with Gasteiger partial charge in [-0.05, 0) is 36.6 Å². The summed E-state index contributed by atoms with van der Waals surface area (Å²) in [5.74, 6) is 1.08. The normalized spacial score (nSPS) is 10.2. The highest BCUT2D eigenvalue weighted by atomic mass is 16.5. The first kappa shape index (κ1) is 12.8. The summed E-state index contributed by atoms with van der Waals surface area (Å²) in [6, 6.07) is 5.72. The Morgan fingerprint density at radius 3 is 2.62 bits per heavy atom. The molecule has 0 spiro atoms. The Hall–Kier alpha value is -1.31. The molecule has 0 unspecified atom stereocenters. The van der Waals surface area contributed by atoms with Crippen LogP contribution >= 0.6 is 0 Å². The van der Waals surface area contributed by atoms with Gasteiger partial charge < -0.3 is 4.74 Å². The summed E-state index contributed by atoms with van der Waals surface area (Å²) in [4.78, 5) is 11.6. The van der Waals surface area contributed by atoms with Gasteiger partial charge in [0.15, 0.2) is 5.78 Å². The molecule has 0 aliphatic heterocycles. The zero-order valence-corrected chi connectivity index (χ0v) is 10.4. The van der Waals surface area contributed by atoms with Crippen LogP contribution in [0.15, 0.2) is 18.2 Å². The summed E-state index contributed by atoms with van der Waals surface area (Å²) < 4.78 is 5.30. The second kappa shape index (κ2) is 6.31. The molecule has 2 nitrogen and oxygen atoms in total. The van der Waals surface area contributed by atoms with E-state index in [0.717, 1.165) is 36.1 Å². The number of unbranched alkanes of at least 4 members (excludes halogenated alkanes) is 1. The van der Waals surface area contributed by atoms with Gasteiger partial charge in [-0.25, -0.2) is 0 Å². The number of hydrogen-bond donors (Lipinski definition) is 0. The van der Waals surface area contributed by atoms with E-state index in [9.17, 15) is 4.79 Å². The number of Topliss-reactive ketones (excluding diaryl/α,β-unsaturated/α-hetero) is 1. The van der Waals surface area contributed by atoms with E-state index in [1.54, 1.807) is 7.11 Å². The van der Waals surface area contributed by atoms with Crippen LogP contribution in [0.3, 0.4) is 0 Å². The number of methoxy groups -OCH3 is 1. The van der Waals surface area contributed by atoms with Gasteiger partial charge >= 0.3 is 0 Å². The van der Waals surface area contributed by atoms with Crippen molar-refractivity contribution in [3.63, 3.8) is 0 Å². The Bertz CT molecular complexity index is 356. The Balaban J connectivity index is 2.96. The lowest BCUT2D eigenvalue weighted by molar-refractivity contribution is 0.0988. The molecule has 0 aliphatic carbocycles. The van der Waals surface area contributed by atoms with Crippen LogP contribution in [0.2, 0.25) is 0 Å². The van der Waals surface area contributed by atoms with Crippen LogP contribution in [0.4, 0.5) is 0 Å². The summed E-state index contributed by atoms with van der Waals surface area (Å²) >= 11 is 0. The number of carbonyl (C=O) groups excluding carboxylic acids is 1. The maximum Gasteiger partial charge on any atom is 0.162 e. The Kier molecular flexibility index (Phi) is 5.03. The first-order valence-electron chi connectivity index (χ1n) is 5.93. The molecule has 0 atom stereocenters. The third-order valence-electron chi connectivity index (χ3n) is 2.72. The molecule has 0 saturated carbocycles. The van der Waals surface area contributed by atoms with Crippen molar-refractivity contribution in [2.45, 2.75) is 39.5 Å². The highest BCUT2D eigenvalue weighted by molar-refractivity contribution is 5.96. The van der Waals surface area contributed by atoms with E-state index in [1.165, 1.54) is 0 Å². The molecule has 0 radical (unpaired) electrons. The van der Waals surface area contributed by atoms with Gasteiger partial charge in [-0.1, -0.05) is 20.3 Å². The van der Waals surface area contributed by atoms with Crippen LogP contribution in [0, 0.1) is 0 Å². The summed E-state index contributed by atoms with van der Waals surface area (Å²) in [6.07, 6.45) is 3.80. The van der Waals surface area contributed by atoms with Gasteiger partial charge in [-0.15, -0.1) is 0 Å². The molecule has 0 saturated heterocycles. The Morgan fingerprint density at radius 1 is 1.31 bits per heavy atom. The van der Waals surface area contributed by atoms with Gasteiger partial charge in [-0.2, -0.15) is 0 Å². The maximum atomic E-state index is 11.6. The van der Waals surface area contributed by atoms with Crippen LogP contribution in [-0.2, 0) is 6.42 Å². The van der Waals surface area contributed by atoms with Gasteiger partial charge in [-0.3, -0.25) is 4.79 Å². The molecule has 0 bridgehead atoms. The minimum Gasteiger partial charge on any atom is -0.496 e. The van der Waals surface area contributed by atoms with E-state index < -0.39 is 0 Å². The average Bonchev–Trinajstić information content (AvgIpc) is 2.34. The number of ketones is 1. The van der Waals surface area contributed by atoms with Crippen molar-refractivity contribution >= 4 is 5.78 Å². The summed E-state index contributed by atoms with van der Waals surface area (Å²) in [7, 11) is 1.67. The Morgan fingerprint density at radius 2 is 2.06 bits per heavy atom. The summed E-state index contributed by atoms with van der Waals surface area (Å²) in [6.45, 7) is 4.05. The van der Waals surface area contributed by atoms with E-state index in [2.05, 4.69) is 6.92 Å². The molecule has 0 N–H and O–H groups in total. The molecule has 2 heteroatoms. The molecule has 1 rings (SSSR count). The van der Waals surface area contributed by atoms with Crippen molar-refractivity contribution in [3.8, 4) is 5.75 Å². The monoisotopic (exact) mass is 220 g/mol. The fourth-order valence-corrected chi connectivity index (χ4v) is 1.72. The van der Waals surface area contributed by atoms with Crippen LogP contribution in [-0.4, -0.2) is 12.9 Å². The average molecular weight is 220 g/mol. The molecular weight excluding hydrogens is 200 g/mol. The predicted octanol–water partition coefficient (Wildman–Crippen LogP) is 3.63. The van der Waals surface area contributed by atoms with Crippen molar-refractivity contribution in [1.29, 1.82) is 0 Å². The second-order valence-corrected chi connectivity index (χ2v) is 3.91. The predicted molar refractivity (Wildman–Crippen MR) is 66.2 cm³/mol. The fraction of sp³-hybridized carbons (Fsp3) is 0.500. The highest BCUT2D eigenvalue weighted by Crippen LogP contribution is 2.22. The van der Waals surface area contributed by atoms with Gasteiger partial charge in [0.2, 0.25) is 0 Å². The van der Waals surface area contributed by atoms with Crippen molar-refractivity contribution in [1.82, 2.24) is 0 Å². The lowest BCUT2D eigenvalue weighted by Gasteiger charge is -2.09. The standard InChI is InChI=1S/C14H20O2/c1-4-6-7-12-10-11(13(15)5-2)8-9-14(12)16-3/h8-10H,4-7H2,1-3H3. The minimum absolute atomic E-state index is 0.195. The highest BCUT2D eigenvalue weighted by Gasteiger charge is 2.08. The Labute approximate surface area is 97.6 Å². The number of hydrogen-bond acceptors (Lipinski definition) is 2. The fourth-order valence-electron chi connectivity index (χ4n) is 1.72. The molecule has 0 fully saturated rings. The van der Waals surface area contributed by atoms with Crippen LogP contribution in [0.1, 0.15) is 49.0 Å². The molecule has 0 aromatic heterocycles. The third kappa shape index (κ3) is 3.09. The summed E-state index contributed by atoms with van der Waals surface area (Å²) in [5.41, 5.74) is 1.94. The molecule has 88 valence electrons. The number of aryl methyl sites for hydroxylation is 1. The van der Waals surface area contributed by atoms with Gasteiger partial charge in [0.1, 0.15) is 5.75 Å². The van der Waals surface area contributed by atoms with Crippen LogP contribution < -0.4 is 4.74 Å². The summed E-state index contributed by atoms with van der Waals surface area (Å²) in [5, 5.41) is 0.